The summed E-state index contributed by atoms with van der Waals surface area (Å²) in [5.41, 5.74) is 3.53. The van der Waals surface area contributed by atoms with Crippen LogP contribution in [0.3, 0.4) is 0 Å². The zero-order chi connectivity index (χ0) is 23.6. The first-order valence-corrected chi connectivity index (χ1v) is 10.2. The van der Waals surface area contributed by atoms with Gasteiger partial charge in [-0.1, -0.05) is 18.7 Å². The standard InChI is InChI=1S/C20H19F5N4O2S/c1-9-3-12(31-18(24)25)7-27-16(9)17(30)28-11-4-13(15(23)14(22)5-11)20(8-21)6-10(2)32-19(26)29-20/h3-5,7,10,18H,6,8H2,1-2H3,(H2,26,29)(H,28,30)/t10-,20-/m1/s1. The number of nitrogens with one attached hydrogen (secondary N) is 1. The quantitative estimate of drug-likeness (QED) is 0.601. The second-order valence-electron chi connectivity index (χ2n) is 7.24. The second kappa shape index (κ2) is 9.31. The summed E-state index contributed by atoms with van der Waals surface area (Å²) >= 11 is 1.19. The van der Waals surface area contributed by atoms with Crippen molar-refractivity contribution in [2.45, 2.75) is 37.7 Å². The molecule has 0 saturated carbocycles. The molecule has 3 rings (SSSR count). The molecule has 2 atom stereocenters. The van der Waals surface area contributed by atoms with Crippen LogP contribution < -0.4 is 15.8 Å². The third kappa shape index (κ3) is 4.95. The van der Waals surface area contributed by atoms with E-state index in [1.165, 1.54) is 24.8 Å². The van der Waals surface area contributed by atoms with Crippen LogP contribution in [0.5, 0.6) is 5.75 Å². The van der Waals surface area contributed by atoms with E-state index in [-0.39, 0.29) is 45.1 Å². The number of alkyl halides is 3. The molecule has 0 radical (unpaired) electrons. The molecule has 1 aromatic carbocycles. The topological polar surface area (TPSA) is 89.6 Å². The van der Waals surface area contributed by atoms with Crippen molar-refractivity contribution >= 4 is 28.5 Å². The van der Waals surface area contributed by atoms with E-state index in [0.717, 1.165) is 18.3 Å². The summed E-state index contributed by atoms with van der Waals surface area (Å²) in [7, 11) is 0. The zero-order valence-corrected chi connectivity index (χ0v) is 17.8. The minimum Gasteiger partial charge on any atom is -0.433 e. The number of thioether (sulfide) groups is 1. The Hall–Kier alpha value is -2.89. The van der Waals surface area contributed by atoms with Gasteiger partial charge in [-0.2, -0.15) is 8.78 Å². The summed E-state index contributed by atoms with van der Waals surface area (Å²) in [5, 5.41) is 2.21. The van der Waals surface area contributed by atoms with Gasteiger partial charge in [0.05, 0.1) is 6.20 Å². The van der Waals surface area contributed by atoms with E-state index in [4.69, 9.17) is 5.73 Å². The number of halogens is 5. The first-order valence-electron chi connectivity index (χ1n) is 9.35. The number of aromatic nitrogens is 1. The molecule has 0 saturated heterocycles. The molecule has 32 heavy (non-hydrogen) atoms. The van der Waals surface area contributed by atoms with E-state index in [9.17, 15) is 26.7 Å². The monoisotopic (exact) mass is 474 g/mol. The highest BCUT2D eigenvalue weighted by atomic mass is 32.2. The van der Waals surface area contributed by atoms with Gasteiger partial charge in [0.25, 0.3) is 5.91 Å². The summed E-state index contributed by atoms with van der Waals surface area (Å²) in [5.74, 6) is -3.66. The Balaban J connectivity index is 1.94. The summed E-state index contributed by atoms with van der Waals surface area (Å²) in [4.78, 5) is 20.4. The predicted octanol–water partition coefficient (Wildman–Crippen LogP) is 4.53. The number of amides is 1. The van der Waals surface area contributed by atoms with Crippen LogP contribution in [0.2, 0.25) is 0 Å². The molecule has 0 aliphatic carbocycles. The number of hydrogen-bond acceptors (Lipinski definition) is 6. The summed E-state index contributed by atoms with van der Waals surface area (Å²) in [6.07, 6.45) is 0.996. The SMILES string of the molecule is Cc1cc(OC(F)F)cnc1C(=O)Nc1cc(F)c(F)c([C@]2(CF)C[C@@H](C)SC(N)=N2)c1. The van der Waals surface area contributed by atoms with Crippen LogP contribution in [0.1, 0.15) is 35.0 Å². The number of nitrogens with zero attached hydrogens (tertiary/aromatic N) is 2. The molecule has 1 aromatic heterocycles. The van der Waals surface area contributed by atoms with Crippen LogP contribution in [-0.4, -0.2) is 34.6 Å². The normalized spacial score (nSPS) is 20.8. The number of ether oxygens (including phenoxy) is 1. The van der Waals surface area contributed by atoms with Crippen molar-refractivity contribution in [3.8, 4) is 5.75 Å². The number of rotatable bonds is 6. The molecule has 0 unspecified atom stereocenters. The molecule has 1 aliphatic rings. The van der Waals surface area contributed by atoms with Crippen molar-refractivity contribution in [2.24, 2.45) is 10.7 Å². The molecule has 1 aliphatic heterocycles. The number of aryl methyl sites for hydroxylation is 1. The number of carbonyl (C=O) groups is 1. The number of carbonyl (C=O) groups excluding carboxylic acids is 1. The Kier molecular flexibility index (Phi) is 6.91. The number of benzene rings is 1. The average Bonchev–Trinajstić information content (AvgIpc) is 2.69. The van der Waals surface area contributed by atoms with Gasteiger partial charge in [-0.05, 0) is 31.0 Å². The molecule has 2 aromatic rings. The van der Waals surface area contributed by atoms with Gasteiger partial charge in [-0.3, -0.25) is 4.79 Å². The smallest absolute Gasteiger partial charge is 0.387 e. The Morgan fingerprint density at radius 2 is 2.09 bits per heavy atom. The van der Waals surface area contributed by atoms with Gasteiger partial charge >= 0.3 is 6.61 Å². The minimum atomic E-state index is -3.06. The van der Waals surface area contributed by atoms with E-state index in [1.54, 1.807) is 6.92 Å². The molecular weight excluding hydrogens is 455 g/mol. The van der Waals surface area contributed by atoms with Gasteiger partial charge in [0.2, 0.25) is 0 Å². The van der Waals surface area contributed by atoms with Crippen LogP contribution in [0.25, 0.3) is 0 Å². The second-order valence-corrected chi connectivity index (χ2v) is 8.70. The fourth-order valence-electron chi connectivity index (χ4n) is 3.48. The molecule has 3 N–H and O–H groups in total. The number of pyridine rings is 1. The fraction of sp³-hybridized carbons (Fsp3) is 0.350. The fourth-order valence-corrected chi connectivity index (χ4v) is 4.48. The molecule has 0 spiro atoms. The maximum absolute atomic E-state index is 14.7. The van der Waals surface area contributed by atoms with Gasteiger partial charge in [0, 0.05) is 22.6 Å². The van der Waals surface area contributed by atoms with Crippen molar-refractivity contribution in [1.29, 1.82) is 0 Å². The van der Waals surface area contributed by atoms with Gasteiger partial charge < -0.3 is 15.8 Å². The van der Waals surface area contributed by atoms with Gasteiger partial charge in [-0.25, -0.2) is 23.1 Å². The van der Waals surface area contributed by atoms with Crippen LogP contribution in [-0.2, 0) is 5.54 Å². The lowest BCUT2D eigenvalue weighted by Crippen LogP contribution is -2.37. The number of hydrogen-bond donors (Lipinski definition) is 2. The predicted molar refractivity (Wildman–Crippen MR) is 111 cm³/mol. The van der Waals surface area contributed by atoms with Crippen molar-refractivity contribution < 1.29 is 31.5 Å². The maximum atomic E-state index is 14.7. The molecule has 1 amide bonds. The lowest BCUT2D eigenvalue weighted by atomic mass is 9.86. The lowest BCUT2D eigenvalue weighted by molar-refractivity contribution is -0.0501. The summed E-state index contributed by atoms with van der Waals surface area (Å²) < 4.78 is 72.0. The van der Waals surface area contributed by atoms with E-state index in [2.05, 4.69) is 20.0 Å². The van der Waals surface area contributed by atoms with E-state index < -0.39 is 36.4 Å². The molecule has 0 bridgehead atoms. The van der Waals surface area contributed by atoms with Crippen molar-refractivity contribution in [2.75, 3.05) is 12.0 Å². The van der Waals surface area contributed by atoms with Crippen LogP contribution in [0.4, 0.5) is 27.6 Å². The van der Waals surface area contributed by atoms with Gasteiger partial charge in [0.1, 0.15) is 23.7 Å². The van der Waals surface area contributed by atoms with Crippen LogP contribution in [0.15, 0.2) is 29.4 Å². The third-order valence-electron chi connectivity index (χ3n) is 4.77. The first-order chi connectivity index (χ1) is 15.0. The van der Waals surface area contributed by atoms with E-state index in [0.29, 0.717) is 0 Å². The Morgan fingerprint density at radius 1 is 1.38 bits per heavy atom. The van der Waals surface area contributed by atoms with Gasteiger partial charge in [0.15, 0.2) is 16.8 Å². The van der Waals surface area contributed by atoms with Crippen molar-refractivity contribution in [1.82, 2.24) is 4.98 Å². The van der Waals surface area contributed by atoms with E-state index in [1.807, 2.05) is 0 Å². The number of aliphatic imine (C=N–C) groups is 1. The van der Waals surface area contributed by atoms with Crippen LogP contribution in [0, 0.1) is 18.6 Å². The van der Waals surface area contributed by atoms with E-state index >= 15 is 0 Å². The van der Waals surface area contributed by atoms with Gasteiger partial charge in [-0.15, -0.1) is 0 Å². The average molecular weight is 474 g/mol. The minimum absolute atomic E-state index is 0.0431. The zero-order valence-electron chi connectivity index (χ0n) is 17.0. The maximum Gasteiger partial charge on any atom is 0.387 e. The Bertz CT molecular complexity index is 1070. The first kappa shape index (κ1) is 23.8. The lowest BCUT2D eigenvalue weighted by Gasteiger charge is -2.34. The van der Waals surface area contributed by atoms with Crippen molar-refractivity contribution in [3.63, 3.8) is 0 Å². The highest BCUT2D eigenvalue weighted by Crippen LogP contribution is 2.42. The summed E-state index contributed by atoms with van der Waals surface area (Å²) in [6, 6.07) is 3.01. The molecule has 6 nitrogen and oxygen atoms in total. The largest absolute Gasteiger partial charge is 0.433 e. The highest BCUT2D eigenvalue weighted by Gasteiger charge is 2.41. The van der Waals surface area contributed by atoms with Crippen LogP contribution >= 0.6 is 11.8 Å². The Labute approximate surface area is 184 Å². The molecule has 2 heterocycles. The summed E-state index contributed by atoms with van der Waals surface area (Å²) in [6.45, 7) is -0.990. The Morgan fingerprint density at radius 3 is 2.69 bits per heavy atom. The molecule has 0 fully saturated rings. The number of amidine groups is 1. The molecule has 12 heteroatoms. The highest BCUT2D eigenvalue weighted by molar-refractivity contribution is 8.14. The molecular formula is C20H19F5N4O2S. The number of anilines is 1. The third-order valence-corrected chi connectivity index (χ3v) is 5.68. The van der Waals surface area contributed by atoms with Crippen molar-refractivity contribution in [3.05, 3.63) is 52.9 Å². The number of nitrogens with two attached hydrogens (primary N) is 1. The molecule has 172 valence electrons.